The first-order valence-corrected chi connectivity index (χ1v) is 7.97. The Morgan fingerprint density at radius 3 is 2.76 bits per heavy atom. The van der Waals surface area contributed by atoms with Crippen LogP contribution in [0.25, 0.3) is 0 Å². The Hall–Kier alpha value is -0.810. The summed E-state index contributed by atoms with van der Waals surface area (Å²) >= 11 is 12.0. The van der Waals surface area contributed by atoms with Gasteiger partial charge in [-0.1, -0.05) is 29.3 Å². The van der Waals surface area contributed by atoms with Crippen LogP contribution >= 0.6 is 23.2 Å². The highest BCUT2D eigenvalue weighted by Gasteiger charge is 2.38. The molecule has 3 atom stereocenters. The number of nitrogens with zero attached hydrogens (tertiary/aromatic N) is 1. The Kier molecular flexibility index (Phi) is 4.41. The van der Waals surface area contributed by atoms with Gasteiger partial charge in [-0.25, -0.2) is 0 Å². The molecule has 0 aromatic heterocycles. The third-order valence-corrected chi connectivity index (χ3v) is 5.07. The zero-order chi connectivity index (χ0) is 15.0. The first-order valence-electron chi connectivity index (χ1n) is 7.21. The normalized spacial score (nSPS) is 29.1. The molecule has 1 aromatic carbocycles. The minimum atomic E-state index is -0.390. The number of carbonyl (C=O) groups is 1. The molecule has 2 N–H and O–H groups in total. The van der Waals surface area contributed by atoms with E-state index in [0.717, 1.165) is 18.5 Å². The second-order valence-corrected chi connectivity index (χ2v) is 6.54. The minimum Gasteiger partial charge on any atom is -0.391 e. The number of hydrogen-bond acceptors (Lipinski definition) is 3. The van der Waals surface area contributed by atoms with Gasteiger partial charge in [-0.2, -0.15) is 0 Å². The molecule has 6 heteroatoms. The zero-order valence-corrected chi connectivity index (χ0v) is 13.1. The summed E-state index contributed by atoms with van der Waals surface area (Å²) in [7, 11) is 0. The number of rotatable bonds is 2. The topological polar surface area (TPSA) is 52.6 Å². The second-order valence-electron chi connectivity index (χ2n) is 5.73. The van der Waals surface area contributed by atoms with Crippen LogP contribution < -0.4 is 5.32 Å². The van der Waals surface area contributed by atoms with Gasteiger partial charge in [0.2, 0.25) is 5.91 Å². The number of amides is 1. The lowest BCUT2D eigenvalue weighted by molar-refractivity contribution is -0.132. The summed E-state index contributed by atoms with van der Waals surface area (Å²) in [6.45, 7) is 1.87. The van der Waals surface area contributed by atoms with Crippen molar-refractivity contribution in [3.8, 4) is 0 Å². The van der Waals surface area contributed by atoms with Gasteiger partial charge in [0.1, 0.15) is 0 Å². The summed E-state index contributed by atoms with van der Waals surface area (Å²) < 4.78 is 0. The van der Waals surface area contributed by atoms with E-state index in [4.69, 9.17) is 23.2 Å². The lowest BCUT2D eigenvalue weighted by Gasteiger charge is -2.25. The number of β-amino-alcohol motifs (C(OH)–C–C–N with tert-alkyl or cyclic N) is 1. The summed E-state index contributed by atoms with van der Waals surface area (Å²) in [6.07, 6.45) is 1.17. The molecule has 0 aliphatic carbocycles. The fourth-order valence-corrected chi connectivity index (χ4v) is 3.51. The van der Waals surface area contributed by atoms with Crippen LogP contribution in [0.2, 0.25) is 10.0 Å². The van der Waals surface area contributed by atoms with Crippen molar-refractivity contribution in [3.05, 3.63) is 33.8 Å². The van der Waals surface area contributed by atoms with Crippen molar-refractivity contribution in [2.24, 2.45) is 0 Å². The quantitative estimate of drug-likeness (QED) is 0.873. The van der Waals surface area contributed by atoms with Crippen LogP contribution in [-0.2, 0) is 4.79 Å². The molecule has 0 unspecified atom stereocenters. The highest BCUT2D eigenvalue weighted by atomic mass is 35.5. The molecule has 1 amide bonds. The highest BCUT2D eigenvalue weighted by Crippen LogP contribution is 2.33. The number of benzene rings is 1. The maximum Gasteiger partial charge on any atom is 0.240 e. The van der Waals surface area contributed by atoms with Crippen LogP contribution in [0.3, 0.4) is 0 Å². The number of aliphatic hydroxyl groups is 1. The van der Waals surface area contributed by atoms with E-state index in [1.807, 2.05) is 12.1 Å². The van der Waals surface area contributed by atoms with E-state index in [9.17, 15) is 9.90 Å². The highest BCUT2D eigenvalue weighted by molar-refractivity contribution is 6.42. The predicted molar refractivity (Wildman–Crippen MR) is 82.8 cm³/mol. The average molecular weight is 329 g/mol. The van der Waals surface area contributed by atoms with Gasteiger partial charge in [0.25, 0.3) is 0 Å². The molecule has 0 radical (unpaired) electrons. The summed E-state index contributed by atoms with van der Waals surface area (Å²) in [4.78, 5) is 14.4. The van der Waals surface area contributed by atoms with E-state index >= 15 is 0 Å². The van der Waals surface area contributed by atoms with Gasteiger partial charge in [0, 0.05) is 19.0 Å². The number of aliphatic hydroxyl groups excluding tert-OH is 1. The SMILES string of the molecule is O=C([C@@H]1NCC[C@@H]1c1ccc(Cl)c(Cl)c1)N1CC[C@H](O)C1. The molecule has 3 rings (SSSR count). The molecule has 2 aliphatic rings. The number of nitrogens with one attached hydrogen (secondary N) is 1. The molecule has 0 bridgehead atoms. The van der Waals surface area contributed by atoms with Crippen LogP contribution in [-0.4, -0.2) is 47.7 Å². The van der Waals surface area contributed by atoms with Gasteiger partial charge in [-0.3, -0.25) is 4.79 Å². The largest absolute Gasteiger partial charge is 0.391 e. The number of carbonyl (C=O) groups excluding carboxylic acids is 1. The van der Waals surface area contributed by atoms with Crippen molar-refractivity contribution in [3.63, 3.8) is 0 Å². The molecule has 4 nitrogen and oxygen atoms in total. The summed E-state index contributed by atoms with van der Waals surface area (Å²) in [6, 6.07) is 5.32. The molecule has 2 fully saturated rings. The second kappa shape index (κ2) is 6.13. The average Bonchev–Trinajstić information content (AvgIpc) is 3.10. The monoisotopic (exact) mass is 328 g/mol. The van der Waals surface area contributed by atoms with Crippen LogP contribution in [0.5, 0.6) is 0 Å². The minimum absolute atomic E-state index is 0.0696. The van der Waals surface area contributed by atoms with Crippen LogP contribution in [0.15, 0.2) is 18.2 Å². The van der Waals surface area contributed by atoms with Crippen molar-refractivity contribution in [1.82, 2.24) is 10.2 Å². The van der Waals surface area contributed by atoms with E-state index in [0.29, 0.717) is 29.6 Å². The van der Waals surface area contributed by atoms with Crippen LogP contribution in [0.4, 0.5) is 0 Å². The van der Waals surface area contributed by atoms with Crippen molar-refractivity contribution >= 4 is 29.1 Å². The Morgan fingerprint density at radius 2 is 2.10 bits per heavy atom. The van der Waals surface area contributed by atoms with Gasteiger partial charge in [-0.05, 0) is 37.1 Å². The first-order chi connectivity index (χ1) is 10.1. The van der Waals surface area contributed by atoms with Gasteiger partial charge >= 0.3 is 0 Å². The summed E-state index contributed by atoms with van der Waals surface area (Å²) in [5, 5.41) is 13.9. The van der Waals surface area contributed by atoms with E-state index < -0.39 is 6.10 Å². The third-order valence-electron chi connectivity index (χ3n) is 4.33. The molecule has 1 aromatic rings. The van der Waals surface area contributed by atoms with Crippen molar-refractivity contribution in [1.29, 1.82) is 0 Å². The number of halogens is 2. The first kappa shape index (κ1) is 15.1. The van der Waals surface area contributed by atoms with Crippen molar-refractivity contribution < 1.29 is 9.90 Å². The molecule has 2 saturated heterocycles. The van der Waals surface area contributed by atoms with E-state index in [2.05, 4.69) is 5.32 Å². The Morgan fingerprint density at radius 1 is 1.29 bits per heavy atom. The van der Waals surface area contributed by atoms with E-state index in [1.165, 1.54) is 0 Å². The predicted octanol–water partition coefficient (Wildman–Crippen LogP) is 2.03. The van der Waals surface area contributed by atoms with Crippen LogP contribution in [0, 0.1) is 0 Å². The Labute approximate surface area is 134 Å². The molecular weight excluding hydrogens is 311 g/mol. The number of hydrogen-bond donors (Lipinski definition) is 2. The van der Waals surface area contributed by atoms with Gasteiger partial charge < -0.3 is 15.3 Å². The Balaban J connectivity index is 1.78. The zero-order valence-electron chi connectivity index (χ0n) is 11.6. The lowest BCUT2D eigenvalue weighted by atomic mass is 9.91. The van der Waals surface area contributed by atoms with E-state index in [1.54, 1.807) is 11.0 Å². The standard InChI is InChI=1S/C15H18Cl2N2O2/c16-12-2-1-9(7-13(12)17)11-3-5-18-14(11)15(21)19-6-4-10(20)8-19/h1-2,7,10-11,14,18,20H,3-6,8H2/t10-,11+,14+/m0/s1. The van der Waals surface area contributed by atoms with Gasteiger partial charge in [-0.15, -0.1) is 0 Å². The summed E-state index contributed by atoms with van der Waals surface area (Å²) in [5.41, 5.74) is 1.03. The fourth-order valence-electron chi connectivity index (χ4n) is 3.20. The maximum atomic E-state index is 12.6. The summed E-state index contributed by atoms with van der Waals surface area (Å²) in [5.74, 6) is 0.171. The molecule has 0 spiro atoms. The number of likely N-dealkylation sites (tertiary alicyclic amines) is 1. The molecule has 21 heavy (non-hydrogen) atoms. The smallest absolute Gasteiger partial charge is 0.240 e. The molecule has 2 aliphatic heterocycles. The Bertz CT molecular complexity index is 552. The molecule has 0 saturated carbocycles. The molecule has 114 valence electrons. The maximum absolute atomic E-state index is 12.6. The van der Waals surface area contributed by atoms with Crippen molar-refractivity contribution in [2.75, 3.05) is 19.6 Å². The molecule has 2 heterocycles. The van der Waals surface area contributed by atoms with Gasteiger partial charge in [0.05, 0.1) is 22.2 Å². The van der Waals surface area contributed by atoms with Crippen molar-refractivity contribution in [2.45, 2.75) is 30.9 Å². The fraction of sp³-hybridized carbons (Fsp3) is 0.533. The van der Waals surface area contributed by atoms with E-state index in [-0.39, 0.29) is 17.9 Å². The molecular formula is C15H18Cl2N2O2. The van der Waals surface area contributed by atoms with Crippen LogP contribution in [0.1, 0.15) is 24.3 Å². The lowest BCUT2D eigenvalue weighted by Crippen LogP contribution is -2.45. The third kappa shape index (κ3) is 3.04. The van der Waals surface area contributed by atoms with Gasteiger partial charge in [0.15, 0.2) is 0 Å².